The predicted octanol–water partition coefficient (Wildman–Crippen LogP) is 13.3. The van der Waals surface area contributed by atoms with E-state index in [2.05, 4.69) is 41.5 Å². The Morgan fingerprint density at radius 1 is 0.500 bits per heavy atom. The van der Waals surface area contributed by atoms with E-state index < -0.39 is 11.9 Å². The lowest BCUT2D eigenvalue weighted by molar-refractivity contribution is 0.0494. The van der Waals surface area contributed by atoms with Gasteiger partial charge in [-0.2, -0.15) is 0 Å². The number of carboxylic acids is 2. The van der Waals surface area contributed by atoms with Crippen molar-refractivity contribution in [2.45, 2.75) is 183 Å². The minimum Gasteiger partial charge on any atom is -0.478 e. The minimum absolute atomic E-state index is 0.151. The Balaban J connectivity index is 0.000000560. The lowest BCUT2D eigenvalue weighted by Crippen LogP contribution is -2.15. The Kier molecular flexibility index (Phi) is 28.2. The van der Waals surface area contributed by atoms with Crippen LogP contribution in [0, 0.1) is 11.8 Å². The summed E-state index contributed by atoms with van der Waals surface area (Å²) < 4.78 is 10.6. The van der Waals surface area contributed by atoms with Crippen molar-refractivity contribution in [2.24, 2.45) is 11.8 Å². The van der Waals surface area contributed by atoms with Crippen molar-refractivity contribution in [3.8, 4) is 0 Å². The second kappa shape index (κ2) is 31.4. The maximum atomic E-state index is 12.2. The Bertz CT molecular complexity index is 1300. The van der Waals surface area contributed by atoms with E-state index in [1.807, 2.05) is 6.07 Å². The molecule has 0 bridgehead atoms. The van der Waals surface area contributed by atoms with Gasteiger partial charge in [-0.25, -0.2) is 19.2 Å². The molecule has 0 amide bonds. The zero-order valence-electron chi connectivity index (χ0n) is 35.9. The summed E-state index contributed by atoms with van der Waals surface area (Å²) in [6, 6.07) is 9.89. The molecule has 0 saturated heterocycles. The Morgan fingerprint density at radius 2 is 0.875 bits per heavy atom. The van der Waals surface area contributed by atoms with E-state index in [-0.39, 0.29) is 23.1 Å². The van der Waals surface area contributed by atoms with Crippen LogP contribution in [0.15, 0.2) is 36.4 Å². The largest absolute Gasteiger partial charge is 0.478 e. The Hall–Kier alpha value is -3.68. The summed E-state index contributed by atoms with van der Waals surface area (Å²) >= 11 is 0. The van der Waals surface area contributed by atoms with Crippen molar-refractivity contribution < 1.29 is 38.9 Å². The van der Waals surface area contributed by atoms with Gasteiger partial charge < -0.3 is 19.7 Å². The third-order valence-corrected chi connectivity index (χ3v) is 10.7. The predicted molar refractivity (Wildman–Crippen MR) is 228 cm³/mol. The van der Waals surface area contributed by atoms with Crippen LogP contribution in [0.4, 0.5) is 0 Å². The molecular weight excluding hydrogens is 705 g/mol. The van der Waals surface area contributed by atoms with Gasteiger partial charge in [0.15, 0.2) is 0 Å². The quantitative estimate of drug-likeness (QED) is 0.0592. The summed E-state index contributed by atoms with van der Waals surface area (Å²) in [6.07, 6.45) is 23.9. The number of carbonyl (C=O) groups excluding carboxylic acids is 2. The summed E-state index contributed by atoms with van der Waals surface area (Å²) in [5.41, 5.74) is 2.69. The van der Waals surface area contributed by atoms with E-state index in [1.54, 1.807) is 24.3 Å². The van der Waals surface area contributed by atoms with Gasteiger partial charge in [0.05, 0.1) is 35.5 Å². The van der Waals surface area contributed by atoms with Crippen LogP contribution in [-0.2, 0) is 22.3 Å². The molecule has 0 saturated carbocycles. The van der Waals surface area contributed by atoms with Crippen LogP contribution >= 0.6 is 0 Å². The first kappa shape index (κ1) is 50.3. The molecule has 0 aliphatic rings. The smallest absolute Gasteiger partial charge is 0.338 e. The number of hydrogen-bond donors (Lipinski definition) is 2. The highest BCUT2D eigenvalue weighted by Crippen LogP contribution is 2.28. The molecule has 2 N–H and O–H groups in total. The topological polar surface area (TPSA) is 127 Å². The average molecular weight is 781 g/mol. The highest BCUT2D eigenvalue weighted by molar-refractivity contribution is 5.96. The van der Waals surface area contributed by atoms with E-state index in [0.29, 0.717) is 49.0 Å². The van der Waals surface area contributed by atoms with Gasteiger partial charge in [-0.15, -0.1) is 0 Å². The van der Waals surface area contributed by atoms with Crippen LogP contribution in [0.3, 0.4) is 0 Å². The molecule has 0 aliphatic heterocycles. The molecule has 8 heteroatoms. The van der Waals surface area contributed by atoms with Crippen molar-refractivity contribution in [1.82, 2.24) is 0 Å². The monoisotopic (exact) mass is 781 g/mol. The number of aromatic carboxylic acids is 2. The molecule has 8 nitrogen and oxygen atoms in total. The molecular formula is C48H76O8. The SMILES string of the molecule is CCCCC(CC)Cc1cc(CC(CC)CCCC)c(C(=O)O)cc1C(=O)O.CCCCCCCCOC(=O)c1cccc(C(=O)OCCCCCCCC)c1. The van der Waals surface area contributed by atoms with Gasteiger partial charge in [0.2, 0.25) is 0 Å². The van der Waals surface area contributed by atoms with Crippen molar-refractivity contribution in [2.75, 3.05) is 13.2 Å². The van der Waals surface area contributed by atoms with Crippen LogP contribution in [0.5, 0.6) is 0 Å². The summed E-state index contributed by atoms with van der Waals surface area (Å²) in [6.45, 7) is 13.9. The fourth-order valence-electron chi connectivity index (χ4n) is 6.97. The molecule has 0 heterocycles. The van der Waals surface area contributed by atoms with Gasteiger partial charge in [0, 0.05) is 0 Å². The first-order chi connectivity index (χ1) is 27.1. The number of esters is 2. The molecule has 2 atom stereocenters. The van der Waals surface area contributed by atoms with Crippen molar-refractivity contribution >= 4 is 23.9 Å². The van der Waals surface area contributed by atoms with Crippen LogP contribution in [0.1, 0.15) is 223 Å². The van der Waals surface area contributed by atoms with Crippen molar-refractivity contribution in [3.05, 3.63) is 69.8 Å². The van der Waals surface area contributed by atoms with Crippen LogP contribution in [0.2, 0.25) is 0 Å². The highest BCUT2D eigenvalue weighted by Gasteiger charge is 2.22. The Labute approximate surface area is 339 Å². The van der Waals surface area contributed by atoms with E-state index in [1.165, 1.54) is 57.4 Å². The first-order valence-corrected chi connectivity index (χ1v) is 22.1. The van der Waals surface area contributed by atoms with Gasteiger partial charge in [0.1, 0.15) is 0 Å². The molecule has 316 valence electrons. The normalized spacial score (nSPS) is 12.0. The number of hydrogen-bond acceptors (Lipinski definition) is 6. The van der Waals surface area contributed by atoms with Gasteiger partial charge >= 0.3 is 23.9 Å². The second-order valence-corrected chi connectivity index (χ2v) is 15.4. The molecule has 0 aromatic heterocycles. The number of ether oxygens (including phenoxy) is 2. The molecule has 2 unspecified atom stereocenters. The van der Waals surface area contributed by atoms with Crippen LogP contribution in [0.25, 0.3) is 0 Å². The zero-order chi connectivity index (χ0) is 41.6. The van der Waals surface area contributed by atoms with Crippen molar-refractivity contribution in [3.63, 3.8) is 0 Å². The van der Waals surface area contributed by atoms with Crippen LogP contribution < -0.4 is 0 Å². The minimum atomic E-state index is -1.03. The van der Waals surface area contributed by atoms with Crippen molar-refractivity contribution in [1.29, 1.82) is 0 Å². The second-order valence-electron chi connectivity index (χ2n) is 15.4. The molecule has 56 heavy (non-hydrogen) atoms. The molecule has 2 rings (SSSR count). The van der Waals surface area contributed by atoms with Crippen LogP contribution in [-0.4, -0.2) is 47.3 Å². The van der Waals surface area contributed by atoms with E-state index >= 15 is 0 Å². The van der Waals surface area contributed by atoms with E-state index in [9.17, 15) is 29.4 Å². The third kappa shape index (κ3) is 21.0. The van der Waals surface area contributed by atoms with E-state index in [0.717, 1.165) is 88.2 Å². The molecule has 0 radical (unpaired) electrons. The summed E-state index contributed by atoms with van der Waals surface area (Å²) in [7, 11) is 0. The number of carboxylic acid groups (broad SMARTS) is 2. The molecule has 0 fully saturated rings. The number of rotatable bonds is 30. The number of unbranched alkanes of at least 4 members (excludes halogenated alkanes) is 12. The number of benzene rings is 2. The van der Waals surface area contributed by atoms with E-state index in [4.69, 9.17) is 9.47 Å². The molecule has 2 aromatic rings. The summed E-state index contributed by atoms with van der Waals surface area (Å²) in [4.78, 5) is 48.0. The maximum Gasteiger partial charge on any atom is 0.338 e. The lowest BCUT2D eigenvalue weighted by Gasteiger charge is -2.20. The fraction of sp³-hybridized carbons (Fsp3) is 0.667. The van der Waals surface area contributed by atoms with Gasteiger partial charge in [-0.1, -0.05) is 169 Å². The molecule has 2 aromatic carbocycles. The third-order valence-electron chi connectivity index (χ3n) is 10.7. The molecule has 0 spiro atoms. The fourth-order valence-corrected chi connectivity index (χ4v) is 6.97. The lowest BCUT2D eigenvalue weighted by atomic mass is 9.84. The molecule has 0 aliphatic carbocycles. The summed E-state index contributed by atoms with van der Waals surface area (Å²) in [5.74, 6) is -1.95. The summed E-state index contributed by atoms with van der Waals surface area (Å²) in [5, 5.41) is 19.4. The first-order valence-electron chi connectivity index (χ1n) is 22.1. The average Bonchev–Trinajstić information content (AvgIpc) is 3.20. The number of carbonyl (C=O) groups is 4. The highest BCUT2D eigenvalue weighted by atomic mass is 16.5. The van der Waals surface area contributed by atoms with Gasteiger partial charge in [0.25, 0.3) is 0 Å². The zero-order valence-corrected chi connectivity index (χ0v) is 35.9. The maximum absolute atomic E-state index is 12.2. The standard InChI is InChI=1S/2C24H38O4/c1-5-9-11-17(7-3)13-19-15-20(14-18(8-4)12-10-6-2)22(24(27)28)16-21(19)23(25)26;1-3-5-7-9-11-13-18-27-23(25)21-16-15-17-22(20-21)24(26)28-19-14-12-10-8-6-4-2/h15-18H,5-14H2,1-4H3,(H,25,26)(H,27,28);15-17,20H,3-14,18-19H2,1-2H3. The Morgan fingerprint density at radius 3 is 1.23 bits per heavy atom. The van der Waals surface area contributed by atoms with Gasteiger partial charge in [-0.3, -0.25) is 0 Å². The van der Waals surface area contributed by atoms with Gasteiger partial charge in [-0.05, 0) is 72.9 Å².